The lowest BCUT2D eigenvalue weighted by Crippen LogP contribution is -2.09. The van der Waals surface area contributed by atoms with E-state index in [2.05, 4.69) is 5.16 Å². The summed E-state index contributed by atoms with van der Waals surface area (Å²) >= 11 is 5.93. The molecular formula is C24H16ClNO4. The molecule has 0 saturated carbocycles. The number of benzene rings is 3. The van der Waals surface area contributed by atoms with Crippen molar-refractivity contribution in [3.05, 3.63) is 106 Å². The number of hydrogen-bond donors (Lipinski definition) is 0. The number of carbonyl (C=O) groups excluding carboxylic acids is 2. The van der Waals surface area contributed by atoms with E-state index in [1.54, 1.807) is 85.8 Å². The molecule has 0 atom stereocenters. The fraction of sp³-hybridized carbons (Fsp3) is 0.0417. The first kappa shape index (κ1) is 19.6. The highest BCUT2D eigenvalue weighted by Gasteiger charge is 2.24. The summed E-state index contributed by atoms with van der Waals surface area (Å²) in [4.78, 5) is 25.6. The van der Waals surface area contributed by atoms with Crippen LogP contribution in [0, 0.1) is 6.92 Å². The van der Waals surface area contributed by atoms with Crippen LogP contribution < -0.4 is 4.74 Å². The maximum atomic E-state index is 13.1. The minimum Gasteiger partial charge on any atom is -0.387 e. The number of rotatable bonds is 5. The highest BCUT2D eigenvalue weighted by atomic mass is 35.5. The first-order valence-electron chi connectivity index (χ1n) is 9.18. The van der Waals surface area contributed by atoms with Crippen molar-refractivity contribution in [1.29, 1.82) is 0 Å². The second-order valence-electron chi connectivity index (χ2n) is 6.57. The summed E-state index contributed by atoms with van der Waals surface area (Å²) in [5, 5.41) is 4.49. The lowest BCUT2D eigenvalue weighted by molar-refractivity contribution is 0.0681. The van der Waals surface area contributed by atoms with Crippen LogP contribution in [0.1, 0.15) is 32.0 Å². The molecule has 0 aliphatic rings. The predicted molar refractivity (Wildman–Crippen MR) is 113 cm³/mol. The van der Waals surface area contributed by atoms with Crippen molar-refractivity contribution in [3.63, 3.8) is 0 Å². The Kier molecular flexibility index (Phi) is 5.46. The fourth-order valence-electron chi connectivity index (χ4n) is 3.10. The first-order valence-corrected chi connectivity index (χ1v) is 9.55. The molecule has 5 nitrogen and oxygen atoms in total. The van der Waals surface area contributed by atoms with Gasteiger partial charge in [-0.25, -0.2) is 4.79 Å². The summed E-state index contributed by atoms with van der Waals surface area (Å²) in [5.41, 5.74) is 2.82. The van der Waals surface area contributed by atoms with Gasteiger partial charge in [0.1, 0.15) is 0 Å². The summed E-state index contributed by atoms with van der Waals surface area (Å²) < 4.78 is 10.7. The van der Waals surface area contributed by atoms with Gasteiger partial charge in [-0.3, -0.25) is 4.79 Å². The number of halogens is 1. The topological polar surface area (TPSA) is 69.4 Å². The smallest absolute Gasteiger partial charge is 0.345 e. The Hall–Kier alpha value is -3.70. The average molecular weight is 418 g/mol. The third-order valence-electron chi connectivity index (χ3n) is 4.57. The molecule has 0 amide bonds. The third kappa shape index (κ3) is 3.88. The standard InChI is InChI=1S/C24H16ClNO4/c1-15-21(24(30-26-15)29-23(28)17-7-3-2-4-8-17)19-9-5-6-10-20(19)22(27)16-11-13-18(25)14-12-16/h2-14H,1H3. The normalized spacial score (nSPS) is 10.6. The van der Waals surface area contributed by atoms with Crippen LogP contribution in [0.3, 0.4) is 0 Å². The molecule has 0 unspecified atom stereocenters. The van der Waals surface area contributed by atoms with Crippen molar-refractivity contribution in [2.24, 2.45) is 0 Å². The molecular weight excluding hydrogens is 402 g/mol. The Bertz CT molecular complexity index is 1210. The lowest BCUT2D eigenvalue weighted by Gasteiger charge is -2.09. The van der Waals surface area contributed by atoms with Gasteiger partial charge in [-0.05, 0) is 43.3 Å². The summed E-state index contributed by atoms with van der Waals surface area (Å²) in [6.07, 6.45) is 0. The zero-order chi connectivity index (χ0) is 21.1. The molecule has 0 saturated heterocycles. The van der Waals surface area contributed by atoms with Gasteiger partial charge in [0.25, 0.3) is 0 Å². The Labute approximate surface area is 177 Å². The SMILES string of the molecule is Cc1noc(OC(=O)c2ccccc2)c1-c1ccccc1C(=O)c1ccc(Cl)cc1. The molecule has 0 aliphatic carbocycles. The Morgan fingerprint density at radius 3 is 2.27 bits per heavy atom. The van der Waals surface area contributed by atoms with Crippen LogP contribution >= 0.6 is 11.6 Å². The van der Waals surface area contributed by atoms with Crippen LogP contribution in [0.4, 0.5) is 0 Å². The van der Waals surface area contributed by atoms with Gasteiger partial charge < -0.3 is 9.26 Å². The van der Waals surface area contributed by atoms with Crippen molar-refractivity contribution in [1.82, 2.24) is 5.16 Å². The van der Waals surface area contributed by atoms with E-state index >= 15 is 0 Å². The molecule has 1 aromatic heterocycles. The highest BCUT2D eigenvalue weighted by Crippen LogP contribution is 2.36. The van der Waals surface area contributed by atoms with E-state index in [1.807, 2.05) is 0 Å². The van der Waals surface area contributed by atoms with E-state index in [-0.39, 0.29) is 11.7 Å². The number of ketones is 1. The molecule has 6 heteroatoms. The van der Waals surface area contributed by atoms with Crippen molar-refractivity contribution < 1.29 is 18.8 Å². The summed E-state index contributed by atoms with van der Waals surface area (Å²) in [6.45, 7) is 1.72. The predicted octanol–water partition coefficient (Wildman–Crippen LogP) is 5.75. The fourth-order valence-corrected chi connectivity index (χ4v) is 3.22. The number of ether oxygens (including phenoxy) is 1. The van der Waals surface area contributed by atoms with Gasteiger partial charge in [-0.15, -0.1) is 0 Å². The Morgan fingerprint density at radius 2 is 1.53 bits per heavy atom. The first-order chi connectivity index (χ1) is 14.5. The number of esters is 1. The molecule has 1 heterocycles. The zero-order valence-corrected chi connectivity index (χ0v) is 16.7. The Balaban J connectivity index is 1.74. The minimum absolute atomic E-state index is 0.0577. The molecule has 148 valence electrons. The number of aromatic nitrogens is 1. The molecule has 4 rings (SSSR count). The maximum absolute atomic E-state index is 13.1. The van der Waals surface area contributed by atoms with E-state index in [1.165, 1.54) is 0 Å². The van der Waals surface area contributed by atoms with Crippen LogP contribution in [0.5, 0.6) is 5.95 Å². The van der Waals surface area contributed by atoms with Gasteiger partial charge in [0.05, 0.1) is 16.8 Å². The summed E-state index contributed by atoms with van der Waals surface area (Å²) in [6, 6.07) is 22.3. The van der Waals surface area contributed by atoms with E-state index in [4.69, 9.17) is 20.9 Å². The third-order valence-corrected chi connectivity index (χ3v) is 4.83. The second kappa shape index (κ2) is 8.35. The molecule has 0 spiro atoms. The average Bonchev–Trinajstić information content (AvgIpc) is 3.14. The van der Waals surface area contributed by atoms with Crippen molar-refractivity contribution in [2.45, 2.75) is 6.92 Å². The number of aryl methyl sites for hydroxylation is 1. The summed E-state index contributed by atoms with van der Waals surface area (Å²) in [5.74, 6) is -0.824. The monoisotopic (exact) mass is 417 g/mol. The van der Waals surface area contributed by atoms with Crippen LogP contribution in [0.2, 0.25) is 5.02 Å². The van der Waals surface area contributed by atoms with Crippen molar-refractivity contribution in [2.75, 3.05) is 0 Å². The largest absolute Gasteiger partial charge is 0.387 e. The van der Waals surface area contributed by atoms with Gasteiger partial charge >= 0.3 is 11.9 Å². The Morgan fingerprint density at radius 1 is 0.867 bits per heavy atom. The van der Waals surface area contributed by atoms with Crippen molar-refractivity contribution >= 4 is 23.4 Å². The van der Waals surface area contributed by atoms with Gasteiger partial charge in [0, 0.05) is 21.7 Å². The molecule has 30 heavy (non-hydrogen) atoms. The lowest BCUT2D eigenvalue weighted by atomic mass is 9.94. The zero-order valence-electron chi connectivity index (χ0n) is 16.0. The molecule has 0 radical (unpaired) electrons. The molecule has 0 bridgehead atoms. The van der Waals surface area contributed by atoms with Gasteiger partial charge in [-0.1, -0.05) is 59.2 Å². The minimum atomic E-state index is -0.575. The van der Waals surface area contributed by atoms with Crippen LogP contribution in [0.25, 0.3) is 11.1 Å². The van der Waals surface area contributed by atoms with E-state index in [0.717, 1.165) is 0 Å². The van der Waals surface area contributed by atoms with Crippen LogP contribution in [0.15, 0.2) is 83.4 Å². The van der Waals surface area contributed by atoms with E-state index in [0.29, 0.717) is 38.5 Å². The number of carbonyl (C=O) groups is 2. The van der Waals surface area contributed by atoms with Crippen molar-refractivity contribution in [3.8, 4) is 17.1 Å². The molecule has 0 N–H and O–H groups in total. The highest BCUT2D eigenvalue weighted by molar-refractivity contribution is 6.30. The van der Waals surface area contributed by atoms with Gasteiger partial charge in [0.15, 0.2) is 5.78 Å². The van der Waals surface area contributed by atoms with Gasteiger partial charge in [0.2, 0.25) is 0 Å². The van der Waals surface area contributed by atoms with E-state index in [9.17, 15) is 9.59 Å². The molecule has 3 aromatic carbocycles. The van der Waals surface area contributed by atoms with E-state index < -0.39 is 5.97 Å². The van der Waals surface area contributed by atoms with Crippen LogP contribution in [-0.2, 0) is 0 Å². The van der Waals surface area contributed by atoms with Crippen LogP contribution in [-0.4, -0.2) is 16.9 Å². The quantitative estimate of drug-likeness (QED) is 0.305. The maximum Gasteiger partial charge on any atom is 0.345 e. The molecule has 0 fully saturated rings. The number of nitrogens with zero attached hydrogens (tertiary/aromatic N) is 1. The second-order valence-corrected chi connectivity index (χ2v) is 7.00. The number of hydrogen-bond acceptors (Lipinski definition) is 5. The van der Waals surface area contributed by atoms with Gasteiger partial charge in [-0.2, -0.15) is 0 Å². The molecule has 0 aliphatic heterocycles. The summed E-state index contributed by atoms with van der Waals surface area (Å²) in [7, 11) is 0. The molecule has 4 aromatic rings.